The molecule has 1 aromatic carbocycles. The second-order valence-corrected chi connectivity index (χ2v) is 7.69. The number of aliphatic imine (C=N–C) groups is 1. The van der Waals surface area contributed by atoms with E-state index in [4.69, 9.17) is 9.47 Å². The molecule has 0 atom stereocenters. The summed E-state index contributed by atoms with van der Waals surface area (Å²) in [6.45, 7) is 5.28. The summed E-state index contributed by atoms with van der Waals surface area (Å²) >= 11 is 1.44. The van der Waals surface area contributed by atoms with E-state index in [1.807, 2.05) is 17.5 Å². The number of amides is 1. The van der Waals surface area contributed by atoms with Gasteiger partial charge in [0, 0.05) is 52.4 Å². The van der Waals surface area contributed by atoms with Crippen molar-refractivity contribution in [2.45, 2.75) is 26.3 Å². The molecule has 0 unspecified atom stereocenters. The van der Waals surface area contributed by atoms with E-state index in [0.717, 1.165) is 34.6 Å². The zero-order valence-electron chi connectivity index (χ0n) is 18.4. The lowest BCUT2D eigenvalue weighted by Crippen LogP contribution is -2.38. The third-order valence-corrected chi connectivity index (χ3v) is 5.19. The highest BCUT2D eigenvalue weighted by atomic mass is 127. The minimum absolute atomic E-state index is 0. The normalized spacial score (nSPS) is 10.9. The number of benzene rings is 1. The number of hydrogen-bond acceptors (Lipinski definition) is 5. The topological polar surface area (TPSA) is 84.0 Å². The van der Waals surface area contributed by atoms with Crippen molar-refractivity contribution in [3.63, 3.8) is 0 Å². The Bertz CT molecular complexity index is 800. The van der Waals surface area contributed by atoms with Gasteiger partial charge in [-0.2, -0.15) is 0 Å². The molecule has 1 amide bonds. The second-order valence-electron chi connectivity index (χ2n) is 6.75. The van der Waals surface area contributed by atoms with Crippen LogP contribution >= 0.6 is 35.3 Å². The molecular weight excluding hydrogens is 527 g/mol. The number of hydrogen-bond donors (Lipinski definition) is 3. The smallest absolute Gasteiger partial charge is 0.261 e. The molecule has 9 heteroatoms. The summed E-state index contributed by atoms with van der Waals surface area (Å²) in [6, 6.07) is 9.90. The number of ether oxygens (including phenoxy) is 2. The van der Waals surface area contributed by atoms with Gasteiger partial charge in [-0.25, -0.2) is 0 Å². The van der Waals surface area contributed by atoms with E-state index in [1.54, 1.807) is 14.2 Å². The van der Waals surface area contributed by atoms with Crippen molar-refractivity contribution in [1.82, 2.24) is 16.0 Å². The van der Waals surface area contributed by atoms with Gasteiger partial charge in [-0.15, -0.1) is 35.3 Å². The molecule has 0 aliphatic carbocycles. The van der Waals surface area contributed by atoms with Gasteiger partial charge in [-0.1, -0.05) is 18.2 Å². The van der Waals surface area contributed by atoms with Gasteiger partial charge in [-0.05, 0) is 36.4 Å². The molecule has 2 rings (SSSR count). The average Bonchev–Trinajstić information content (AvgIpc) is 3.29. The number of aryl methyl sites for hydroxylation is 1. The third kappa shape index (κ3) is 10.3. The summed E-state index contributed by atoms with van der Waals surface area (Å²) in [5.74, 6) is 1.57. The molecule has 0 aliphatic rings. The lowest BCUT2D eigenvalue weighted by atomic mass is 10.1. The Kier molecular flexibility index (Phi) is 13.9. The van der Waals surface area contributed by atoms with Crippen LogP contribution in [0, 0.1) is 6.92 Å². The number of methoxy groups -OCH3 is 1. The van der Waals surface area contributed by atoms with Gasteiger partial charge in [0.05, 0.1) is 11.5 Å². The lowest BCUT2D eigenvalue weighted by Gasteiger charge is -2.15. The largest absolute Gasteiger partial charge is 0.493 e. The van der Waals surface area contributed by atoms with Crippen molar-refractivity contribution in [3.8, 4) is 5.75 Å². The average molecular weight is 561 g/mol. The van der Waals surface area contributed by atoms with Crippen LogP contribution in [0.2, 0.25) is 0 Å². The molecule has 3 N–H and O–H groups in total. The van der Waals surface area contributed by atoms with Crippen molar-refractivity contribution >= 4 is 47.2 Å². The zero-order chi connectivity index (χ0) is 21.6. The first-order valence-electron chi connectivity index (χ1n) is 10.1. The summed E-state index contributed by atoms with van der Waals surface area (Å²) in [4.78, 5) is 16.9. The monoisotopic (exact) mass is 560 g/mol. The Hall–Kier alpha value is -1.85. The second kappa shape index (κ2) is 15.9. The maximum atomic E-state index is 11.9. The fourth-order valence-electron chi connectivity index (χ4n) is 2.72. The Morgan fingerprint density at radius 2 is 1.90 bits per heavy atom. The van der Waals surface area contributed by atoms with E-state index >= 15 is 0 Å². The molecule has 0 radical (unpaired) electrons. The number of nitrogens with one attached hydrogen (secondary N) is 3. The molecule has 7 nitrogen and oxygen atoms in total. The van der Waals surface area contributed by atoms with Crippen LogP contribution in [-0.4, -0.2) is 52.3 Å². The van der Waals surface area contributed by atoms with Crippen LogP contribution in [0.25, 0.3) is 0 Å². The van der Waals surface area contributed by atoms with Gasteiger partial charge < -0.3 is 25.4 Å². The van der Waals surface area contributed by atoms with E-state index in [9.17, 15) is 4.79 Å². The molecule has 0 bridgehead atoms. The number of thiophene rings is 1. The van der Waals surface area contributed by atoms with Gasteiger partial charge >= 0.3 is 0 Å². The van der Waals surface area contributed by atoms with Crippen LogP contribution in [0.5, 0.6) is 5.75 Å². The molecule has 2 aromatic rings. The first-order valence-corrected chi connectivity index (χ1v) is 11.0. The van der Waals surface area contributed by atoms with Crippen LogP contribution in [-0.2, 0) is 11.3 Å². The number of rotatable bonds is 12. The summed E-state index contributed by atoms with van der Waals surface area (Å²) in [5, 5.41) is 11.4. The van der Waals surface area contributed by atoms with E-state index in [0.29, 0.717) is 38.8 Å². The van der Waals surface area contributed by atoms with Gasteiger partial charge in [0.15, 0.2) is 5.96 Å². The lowest BCUT2D eigenvalue weighted by molar-refractivity contribution is 0.0957. The number of halogens is 1. The fraction of sp³-hybridized carbons (Fsp3) is 0.455. The molecule has 0 saturated heterocycles. The highest BCUT2D eigenvalue weighted by Gasteiger charge is 2.07. The quantitative estimate of drug-likeness (QED) is 0.160. The van der Waals surface area contributed by atoms with E-state index in [1.165, 1.54) is 11.3 Å². The summed E-state index contributed by atoms with van der Waals surface area (Å²) in [7, 11) is 3.43. The molecule has 0 spiro atoms. The first kappa shape index (κ1) is 27.2. The van der Waals surface area contributed by atoms with Crippen LogP contribution < -0.4 is 20.7 Å². The molecule has 31 heavy (non-hydrogen) atoms. The zero-order valence-corrected chi connectivity index (χ0v) is 21.5. The number of carbonyl (C=O) groups is 1. The van der Waals surface area contributed by atoms with Gasteiger partial charge in [0.2, 0.25) is 0 Å². The number of carbonyl (C=O) groups excluding carboxylic acids is 1. The predicted octanol–water partition coefficient (Wildman–Crippen LogP) is 3.57. The summed E-state index contributed by atoms with van der Waals surface area (Å²) < 4.78 is 11.0. The number of guanidine groups is 1. The van der Waals surface area contributed by atoms with Gasteiger partial charge in [0.25, 0.3) is 5.91 Å². The van der Waals surface area contributed by atoms with Crippen LogP contribution in [0.15, 0.2) is 40.7 Å². The Morgan fingerprint density at radius 3 is 2.61 bits per heavy atom. The first-order chi connectivity index (χ1) is 14.6. The Balaban J connectivity index is 0.00000480. The molecule has 1 aromatic heterocycles. The van der Waals surface area contributed by atoms with Crippen molar-refractivity contribution in [3.05, 3.63) is 51.7 Å². The predicted molar refractivity (Wildman–Crippen MR) is 138 cm³/mol. The Morgan fingerprint density at radius 1 is 1.10 bits per heavy atom. The van der Waals surface area contributed by atoms with E-state index in [-0.39, 0.29) is 29.9 Å². The van der Waals surface area contributed by atoms with Crippen molar-refractivity contribution in [1.29, 1.82) is 0 Å². The molecule has 0 aliphatic heterocycles. The Labute approximate surface area is 206 Å². The van der Waals surface area contributed by atoms with Crippen molar-refractivity contribution in [2.24, 2.45) is 4.99 Å². The molecular formula is C22H33IN4O3S. The molecule has 172 valence electrons. The minimum Gasteiger partial charge on any atom is -0.493 e. The number of nitrogens with zero attached hydrogens (tertiary/aromatic N) is 1. The summed E-state index contributed by atoms with van der Waals surface area (Å²) in [6.07, 6.45) is 1.65. The maximum absolute atomic E-state index is 11.9. The molecule has 1 heterocycles. The highest BCUT2D eigenvalue weighted by molar-refractivity contribution is 14.0. The highest BCUT2D eigenvalue weighted by Crippen LogP contribution is 2.20. The minimum atomic E-state index is -0.0232. The van der Waals surface area contributed by atoms with Crippen LogP contribution in [0.3, 0.4) is 0 Å². The van der Waals surface area contributed by atoms with Gasteiger partial charge in [0.1, 0.15) is 5.75 Å². The van der Waals surface area contributed by atoms with Crippen molar-refractivity contribution in [2.75, 3.05) is 40.5 Å². The van der Waals surface area contributed by atoms with Crippen molar-refractivity contribution < 1.29 is 14.3 Å². The molecule has 0 fully saturated rings. The third-order valence-electron chi connectivity index (χ3n) is 4.32. The van der Waals surface area contributed by atoms with Gasteiger partial charge in [-0.3, -0.25) is 9.79 Å². The van der Waals surface area contributed by atoms with E-state index < -0.39 is 0 Å². The maximum Gasteiger partial charge on any atom is 0.261 e. The standard InChI is InChI=1S/C22H32N4O3S.HI/c1-17-8-9-18(19(15-17)29-13-6-12-28-3)16-26-22(23-2)25-11-5-10-24-21(27)20-7-4-14-30-20;/h4,7-9,14-15H,5-6,10-13,16H2,1-3H3,(H,24,27)(H2,23,25,26);1H. The van der Waals surface area contributed by atoms with Crippen LogP contribution in [0.1, 0.15) is 33.6 Å². The molecule has 0 saturated carbocycles. The van der Waals surface area contributed by atoms with E-state index in [2.05, 4.69) is 46.1 Å². The SMILES string of the molecule is CN=C(NCCCNC(=O)c1cccs1)NCc1ccc(C)cc1OCCCOC.I. The summed E-state index contributed by atoms with van der Waals surface area (Å²) in [5.41, 5.74) is 2.23. The van der Waals surface area contributed by atoms with Crippen LogP contribution in [0.4, 0.5) is 0 Å². The fourth-order valence-corrected chi connectivity index (χ4v) is 3.36.